The minimum atomic E-state index is -0.169. The molecule has 0 fully saturated rings. The SMILES string of the molecule is CC(N)c1nc2ccc(Cl)cc2n1CCO. The van der Waals surface area contributed by atoms with Crippen molar-refractivity contribution in [3.63, 3.8) is 0 Å². The second-order valence-corrected chi connectivity index (χ2v) is 4.20. The van der Waals surface area contributed by atoms with Crippen LogP contribution in [0.15, 0.2) is 18.2 Å². The van der Waals surface area contributed by atoms with Crippen molar-refractivity contribution in [1.29, 1.82) is 0 Å². The van der Waals surface area contributed by atoms with Crippen molar-refractivity contribution < 1.29 is 5.11 Å². The zero-order chi connectivity index (χ0) is 11.7. The van der Waals surface area contributed by atoms with Crippen molar-refractivity contribution >= 4 is 22.6 Å². The van der Waals surface area contributed by atoms with Gasteiger partial charge in [0.15, 0.2) is 0 Å². The molecule has 0 radical (unpaired) electrons. The van der Waals surface area contributed by atoms with E-state index in [1.54, 1.807) is 6.07 Å². The molecule has 0 saturated heterocycles. The van der Waals surface area contributed by atoms with Gasteiger partial charge in [-0.2, -0.15) is 0 Å². The molecule has 4 nitrogen and oxygen atoms in total. The number of aromatic nitrogens is 2. The first-order chi connectivity index (χ1) is 7.63. The summed E-state index contributed by atoms with van der Waals surface area (Å²) in [5, 5.41) is 9.71. The van der Waals surface area contributed by atoms with Crippen LogP contribution >= 0.6 is 11.6 Å². The Morgan fingerprint density at radius 1 is 1.56 bits per heavy atom. The Morgan fingerprint density at radius 3 is 2.94 bits per heavy atom. The van der Waals surface area contributed by atoms with Crippen LogP contribution in [0.1, 0.15) is 18.8 Å². The van der Waals surface area contributed by atoms with Gasteiger partial charge in [0.1, 0.15) is 5.82 Å². The Hall–Kier alpha value is -1.10. The Labute approximate surface area is 98.6 Å². The molecule has 0 amide bonds. The van der Waals surface area contributed by atoms with E-state index in [9.17, 15) is 0 Å². The molecule has 16 heavy (non-hydrogen) atoms. The Balaban J connectivity index is 2.67. The molecule has 86 valence electrons. The number of halogens is 1. The summed E-state index contributed by atoms with van der Waals surface area (Å²) in [5.41, 5.74) is 7.61. The van der Waals surface area contributed by atoms with Crippen molar-refractivity contribution in [3.05, 3.63) is 29.0 Å². The third-order valence-electron chi connectivity index (χ3n) is 2.47. The summed E-state index contributed by atoms with van der Waals surface area (Å²) in [4.78, 5) is 4.44. The summed E-state index contributed by atoms with van der Waals surface area (Å²) in [6.45, 7) is 2.40. The molecule has 0 aliphatic heterocycles. The first-order valence-electron chi connectivity index (χ1n) is 5.15. The maximum atomic E-state index is 9.05. The molecule has 1 aromatic carbocycles. The highest BCUT2D eigenvalue weighted by molar-refractivity contribution is 6.31. The molecule has 1 atom stereocenters. The van der Waals surface area contributed by atoms with Crippen molar-refractivity contribution in [2.24, 2.45) is 5.73 Å². The highest BCUT2D eigenvalue weighted by atomic mass is 35.5. The monoisotopic (exact) mass is 239 g/mol. The third-order valence-corrected chi connectivity index (χ3v) is 2.71. The van der Waals surface area contributed by atoms with Gasteiger partial charge >= 0.3 is 0 Å². The zero-order valence-electron chi connectivity index (χ0n) is 9.02. The van der Waals surface area contributed by atoms with E-state index in [0.717, 1.165) is 16.9 Å². The van der Waals surface area contributed by atoms with Gasteiger partial charge < -0.3 is 15.4 Å². The lowest BCUT2D eigenvalue weighted by Crippen LogP contribution is -2.15. The molecule has 2 aromatic rings. The van der Waals surface area contributed by atoms with Crippen LogP contribution in [0.2, 0.25) is 5.02 Å². The van der Waals surface area contributed by atoms with E-state index in [0.29, 0.717) is 11.6 Å². The molecular weight excluding hydrogens is 226 g/mol. The first kappa shape index (κ1) is 11.4. The second-order valence-electron chi connectivity index (χ2n) is 3.77. The number of aliphatic hydroxyl groups excluding tert-OH is 1. The van der Waals surface area contributed by atoms with E-state index in [-0.39, 0.29) is 12.6 Å². The van der Waals surface area contributed by atoms with Crippen LogP contribution in [0.3, 0.4) is 0 Å². The molecule has 3 N–H and O–H groups in total. The number of nitrogens with two attached hydrogens (primary N) is 1. The number of fused-ring (bicyclic) bond motifs is 1. The normalized spacial score (nSPS) is 13.2. The van der Waals surface area contributed by atoms with E-state index < -0.39 is 0 Å². The highest BCUT2D eigenvalue weighted by Gasteiger charge is 2.13. The number of nitrogens with zero attached hydrogens (tertiary/aromatic N) is 2. The van der Waals surface area contributed by atoms with Crippen LogP contribution in [-0.4, -0.2) is 21.3 Å². The molecule has 1 unspecified atom stereocenters. The fourth-order valence-electron chi connectivity index (χ4n) is 1.80. The minimum absolute atomic E-state index is 0.0533. The number of rotatable bonds is 3. The smallest absolute Gasteiger partial charge is 0.126 e. The average molecular weight is 240 g/mol. The van der Waals surface area contributed by atoms with Crippen LogP contribution in [0, 0.1) is 0 Å². The Bertz CT molecular complexity index is 507. The second kappa shape index (κ2) is 4.41. The molecule has 0 saturated carbocycles. The first-order valence-corrected chi connectivity index (χ1v) is 5.53. The van der Waals surface area contributed by atoms with Gasteiger partial charge in [0.05, 0.1) is 23.7 Å². The molecule has 1 aromatic heterocycles. The fraction of sp³-hybridized carbons (Fsp3) is 0.364. The molecule has 0 spiro atoms. The quantitative estimate of drug-likeness (QED) is 0.857. The van der Waals surface area contributed by atoms with Crippen LogP contribution in [0.25, 0.3) is 11.0 Å². The highest BCUT2D eigenvalue weighted by Crippen LogP contribution is 2.22. The number of imidazole rings is 1. The van der Waals surface area contributed by atoms with Crippen molar-refractivity contribution in [1.82, 2.24) is 9.55 Å². The molecule has 0 aliphatic carbocycles. The van der Waals surface area contributed by atoms with Gasteiger partial charge in [-0.1, -0.05) is 11.6 Å². The van der Waals surface area contributed by atoms with Crippen LogP contribution in [0.4, 0.5) is 0 Å². The van der Waals surface area contributed by atoms with Crippen LogP contribution < -0.4 is 5.73 Å². The summed E-state index contributed by atoms with van der Waals surface area (Å²) < 4.78 is 1.91. The lowest BCUT2D eigenvalue weighted by atomic mass is 10.3. The van der Waals surface area contributed by atoms with E-state index in [4.69, 9.17) is 22.4 Å². The lowest BCUT2D eigenvalue weighted by molar-refractivity contribution is 0.275. The van der Waals surface area contributed by atoms with Crippen LogP contribution in [0.5, 0.6) is 0 Å². The predicted molar refractivity (Wildman–Crippen MR) is 64.4 cm³/mol. The summed E-state index contributed by atoms with van der Waals surface area (Å²) in [7, 11) is 0. The van der Waals surface area contributed by atoms with Gasteiger partial charge in [0.25, 0.3) is 0 Å². The number of hydrogen-bond donors (Lipinski definition) is 2. The number of aliphatic hydroxyl groups is 1. The van der Waals surface area contributed by atoms with E-state index in [1.807, 2.05) is 23.6 Å². The van der Waals surface area contributed by atoms with E-state index in [1.165, 1.54) is 0 Å². The minimum Gasteiger partial charge on any atom is -0.395 e. The zero-order valence-corrected chi connectivity index (χ0v) is 9.78. The largest absolute Gasteiger partial charge is 0.395 e. The summed E-state index contributed by atoms with van der Waals surface area (Å²) in [5.74, 6) is 0.770. The molecular formula is C11H14ClN3O. The molecule has 5 heteroatoms. The maximum absolute atomic E-state index is 9.05. The summed E-state index contributed by atoms with van der Waals surface area (Å²) >= 11 is 5.94. The predicted octanol–water partition coefficient (Wildman–Crippen LogP) is 1.70. The molecule has 1 heterocycles. The number of benzene rings is 1. The van der Waals surface area contributed by atoms with Gasteiger partial charge in [-0.15, -0.1) is 0 Å². The van der Waals surface area contributed by atoms with E-state index >= 15 is 0 Å². The Morgan fingerprint density at radius 2 is 2.31 bits per heavy atom. The fourth-order valence-corrected chi connectivity index (χ4v) is 1.96. The van der Waals surface area contributed by atoms with Gasteiger partial charge in [-0.25, -0.2) is 4.98 Å². The topological polar surface area (TPSA) is 64.1 Å². The molecule has 0 bridgehead atoms. The standard InChI is InChI=1S/C11H14ClN3O/c1-7(13)11-14-9-3-2-8(12)6-10(9)15(11)4-5-16/h2-3,6-7,16H,4-5,13H2,1H3. The maximum Gasteiger partial charge on any atom is 0.126 e. The van der Waals surface area contributed by atoms with Gasteiger partial charge in [-0.3, -0.25) is 0 Å². The third kappa shape index (κ3) is 1.91. The molecule has 0 aliphatic rings. The lowest BCUT2D eigenvalue weighted by Gasteiger charge is -2.09. The van der Waals surface area contributed by atoms with E-state index in [2.05, 4.69) is 4.98 Å². The van der Waals surface area contributed by atoms with Crippen molar-refractivity contribution in [3.8, 4) is 0 Å². The van der Waals surface area contributed by atoms with Crippen LogP contribution in [-0.2, 0) is 6.54 Å². The van der Waals surface area contributed by atoms with Crippen molar-refractivity contribution in [2.75, 3.05) is 6.61 Å². The number of hydrogen-bond acceptors (Lipinski definition) is 3. The average Bonchev–Trinajstić information content (AvgIpc) is 2.58. The molecule has 2 rings (SSSR count). The van der Waals surface area contributed by atoms with Gasteiger partial charge in [0, 0.05) is 11.6 Å². The van der Waals surface area contributed by atoms with Gasteiger partial charge in [0.2, 0.25) is 0 Å². The Kier molecular flexibility index (Phi) is 3.14. The summed E-state index contributed by atoms with van der Waals surface area (Å²) in [6.07, 6.45) is 0. The van der Waals surface area contributed by atoms with Crippen molar-refractivity contribution in [2.45, 2.75) is 19.5 Å². The van der Waals surface area contributed by atoms with Gasteiger partial charge in [-0.05, 0) is 25.1 Å². The summed E-state index contributed by atoms with van der Waals surface area (Å²) in [6, 6.07) is 5.33.